The Morgan fingerprint density at radius 2 is 2.16 bits per heavy atom. The van der Waals surface area contributed by atoms with Crippen LogP contribution in [0.2, 0.25) is 0 Å². The highest BCUT2D eigenvalue weighted by atomic mass is 16.5. The first kappa shape index (κ1) is 20.5. The van der Waals surface area contributed by atoms with Gasteiger partial charge in [-0.2, -0.15) is 0 Å². The first-order chi connectivity index (χ1) is 15.2. The second-order valence-corrected chi connectivity index (χ2v) is 6.90. The van der Waals surface area contributed by atoms with Gasteiger partial charge in [0.15, 0.2) is 23.1 Å². The van der Waals surface area contributed by atoms with E-state index in [-0.39, 0.29) is 6.04 Å². The molecule has 0 aliphatic carbocycles. The van der Waals surface area contributed by atoms with Crippen LogP contribution in [0.25, 0.3) is 22.6 Å². The lowest BCUT2D eigenvalue weighted by molar-refractivity contribution is 0.336. The third-order valence-electron chi connectivity index (χ3n) is 4.61. The molecule has 0 saturated heterocycles. The van der Waals surface area contributed by atoms with Crippen molar-refractivity contribution in [1.82, 2.24) is 25.8 Å². The number of hydrogen-bond acceptors (Lipinski definition) is 6. The maximum absolute atomic E-state index is 6.09. The maximum atomic E-state index is 6.09. The van der Waals surface area contributed by atoms with E-state index in [0.717, 1.165) is 29.0 Å². The topological polar surface area (TPSA) is 114 Å². The molecule has 0 saturated carbocycles. The number of ether oxygens (including phenoxy) is 1. The van der Waals surface area contributed by atoms with Crippen molar-refractivity contribution in [2.75, 3.05) is 13.2 Å². The van der Waals surface area contributed by atoms with Crippen LogP contribution in [0.1, 0.15) is 38.4 Å². The molecule has 31 heavy (non-hydrogen) atoms. The molecular weight excluding hydrogens is 396 g/mol. The van der Waals surface area contributed by atoms with E-state index in [9.17, 15) is 0 Å². The minimum atomic E-state index is -0.104. The van der Waals surface area contributed by atoms with Crippen molar-refractivity contribution in [3.05, 3.63) is 54.2 Å². The van der Waals surface area contributed by atoms with Gasteiger partial charge in [0.2, 0.25) is 5.82 Å². The zero-order chi connectivity index (χ0) is 21.6. The summed E-state index contributed by atoms with van der Waals surface area (Å²) in [7, 11) is 0. The number of hydrogen-bond donors (Lipinski definition) is 3. The smallest absolute Gasteiger partial charge is 0.216 e. The monoisotopic (exact) mass is 422 g/mol. The molecule has 4 rings (SSSR count). The van der Waals surface area contributed by atoms with E-state index in [4.69, 9.17) is 13.6 Å². The van der Waals surface area contributed by atoms with E-state index in [2.05, 4.69) is 30.8 Å². The van der Waals surface area contributed by atoms with Crippen molar-refractivity contribution in [3.8, 4) is 17.3 Å². The molecule has 0 aliphatic heterocycles. The van der Waals surface area contributed by atoms with Gasteiger partial charge in [-0.3, -0.25) is 5.10 Å². The van der Waals surface area contributed by atoms with Gasteiger partial charge < -0.3 is 24.2 Å². The van der Waals surface area contributed by atoms with Gasteiger partial charge in [0, 0.05) is 11.9 Å². The minimum Gasteiger partial charge on any atom is -0.490 e. The van der Waals surface area contributed by atoms with Gasteiger partial charge in [-0.25, -0.2) is 9.98 Å². The lowest BCUT2D eigenvalue weighted by Gasteiger charge is -2.15. The summed E-state index contributed by atoms with van der Waals surface area (Å²) in [6.45, 7) is 7.64. The van der Waals surface area contributed by atoms with Crippen molar-refractivity contribution in [3.63, 3.8) is 0 Å². The summed E-state index contributed by atoms with van der Waals surface area (Å²) in [5, 5.41) is 14.7. The Morgan fingerprint density at radius 1 is 1.26 bits per heavy atom. The van der Waals surface area contributed by atoms with Crippen molar-refractivity contribution >= 4 is 16.9 Å². The number of aliphatic imine (C=N–C) groups is 1. The first-order valence-corrected chi connectivity index (χ1v) is 10.3. The standard InChI is InChI=1S/C22H26N6O3/c1-4-23-22(24-13-19-26-21(28-27-19)17-10-7-11-30-17)25-14(3)18-12-15-8-6-9-16(29-5-2)20(15)31-18/h6-12,14H,4-5,13H2,1-3H3,(H2,23,24,25)(H,26,27,28). The van der Waals surface area contributed by atoms with Crippen LogP contribution in [-0.2, 0) is 6.54 Å². The Balaban J connectivity index is 1.47. The molecule has 1 unspecified atom stereocenters. The number of para-hydroxylation sites is 1. The summed E-state index contributed by atoms with van der Waals surface area (Å²) in [5.74, 6) is 3.96. The van der Waals surface area contributed by atoms with Gasteiger partial charge in [-0.15, -0.1) is 5.10 Å². The lowest BCUT2D eigenvalue weighted by atomic mass is 10.2. The highest BCUT2D eigenvalue weighted by molar-refractivity contribution is 5.84. The van der Waals surface area contributed by atoms with E-state index in [0.29, 0.717) is 36.5 Å². The molecule has 0 fully saturated rings. The van der Waals surface area contributed by atoms with Crippen molar-refractivity contribution in [1.29, 1.82) is 0 Å². The number of H-pyrrole nitrogens is 1. The summed E-state index contributed by atoms with van der Waals surface area (Å²) in [6.07, 6.45) is 1.59. The van der Waals surface area contributed by atoms with Crippen molar-refractivity contribution in [2.24, 2.45) is 4.99 Å². The fourth-order valence-corrected chi connectivity index (χ4v) is 3.17. The van der Waals surface area contributed by atoms with E-state index in [1.807, 2.05) is 51.1 Å². The Kier molecular flexibility index (Phi) is 6.21. The van der Waals surface area contributed by atoms with Crippen LogP contribution in [0.4, 0.5) is 0 Å². The SMILES string of the molecule is CCNC(=NCc1nc(-c2ccco2)n[nH]1)NC(C)c1cc2cccc(OCC)c2o1. The molecule has 3 N–H and O–H groups in total. The van der Waals surface area contributed by atoms with Crippen molar-refractivity contribution in [2.45, 2.75) is 33.4 Å². The number of guanidine groups is 1. The van der Waals surface area contributed by atoms with Gasteiger partial charge >= 0.3 is 0 Å². The number of nitrogens with zero attached hydrogens (tertiary/aromatic N) is 3. The van der Waals surface area contributed by atoms with Gasteiger partial charge in [0.25, 0.3) is 0 Å². The molecule has 9 heteroatoms. The second kappa shape index (κ2) is 9.38. The summed E-state index contributed by atoms with van der Waals surface area (Å²) in [6, 6.07) is 11.4. The predicted octanol–water partition coefficient (Wildman–Crippen LogP) is 4.03. The summed E-state index contributed by atoms with van der Waals surface area (Å²) < 4.78 is 17.1. The predicted molar refractivity (Wildman–Crippen MR) is 118 cm³/mol. The van der Waals surface area contributed by atoms with E-state index < -0.39 is 0 Å². The third kappa shape index (κ3) is 4.71. The molecule has 9 nitrogen and oxygen atoms in total. The summed E-state index contributed by atoms with van der Waals surface area (Å²) in [5.41, 5.74) is 0.752. The summed E-state index contributed by atoms with van der Waals surface area (Å²) in [4.78, 5) is 9.03. The second-order valence-electron chi connectivity index (χ2n) is 6.90. The summed E-state index contributed by atoms with van der Waals surface area (Å²) >= 11 is 0. The molecule has 0 amide bonds. The van der Waals surface area contributed by atoms with Gasteiger partial charge in [-0.1, -0.05) is 12.1 Å². The largest absolute Gasteiger partial charge is 0.490 e. The lowest BCUT2D eigenvalue weighted by Crippen LogP contribution is -2.38. The zero-order valence-electron chi connectivity index (χ0n) is 17.8. The molecule has 4 aromatic rings. The van der Waals surface area contributed by atoms with Gasteiger partial charge in [0.05, 0.1) is 18.9 Å². The Labute approximate surface area is 179 Å². The van der Waals surface area contributed by atoms with E-state index in [1.54, 1.807) is 12.3 Å². The number of benzene rings is 1. The Morgan fingerprint density at radius 3 is 2.94 bits per heavy atom. The number of aromatic nitrogens is 3. The van der Waals surface area contributed by atoms with Crippen LogP contribution >= 0.6 is 0 Å². The maximum Gasteiger partial charge on any atom is 0.216 e. The van der Waals surface area contributed by atoms with Crippen LogP contribution in [0.5, 0.6) is 5.75 Å². The molecule has 1 aromatic carbocycles. The quantitative estimate of drug-likeness (QED) is 0.290. The minimum absolute atomic E-state index is 0.104. The number of furan rings is 2. The number of aromatic amines is 1. The van der Waals surface area contributed by atoms with Gasteiger partial charge in [0.1, 0.15) is 18.1 Å². The van der Waals surface area contributed by atoms with Crippen LogP contribution < -0.4 is 15.4 Å². The third-order valence-corrected chi connectivity index (χ3v) is 4.61. The molecule has 3 heterocycles. The average molecular weight is 422 g/mol. The molecule has 0 radical (unpaired) electrons. The molecule has 3 aromatic heterocycles. The van der Waals surface area contributed by atoms with E-state index >= 15 is 0 Å². The fourth-order valence-electron chi connectivity index (χ4n) is 3.17. The molecule has 0 aliphatic rings. The highest BCUT2D eigenvalue weighted by Crippen LogP contribution is 2.31. The molecule has 162 valence electrons. The number of fused-ring (bicyclic) bond motifs is 1. The molecule has 1 atom stereocenters. The van der Waals surface area contributed by atoms with Crippen LogP contribution in [0, 0.1) is 0 Å². The van der Waals surface area contributed by atoms with Crippen molar-refractivity contribution < 1.29 is 13.6 Å². The van der Waals surface area contributed by atoms with E-state index in [1.165, 1.54) is 0 Å². The number of nitrogens with one attached hydrogen (secondary N) is 3. The molecule has 0 spiro atoms. The van der Waals surface area contributed by atoms with Crippen LogP contribution in [-0.4, -0.2) is 34.3 Å². The van der Waals surface area contributed by atoms with Crippen LogP contribution in [0.15, 0.2) is 56.5 Å². The Bertz CT molecular complexity index is 1150. The normalized spacial score (nSPS) is 12.8. The average Bonchev–Trinajstić information content (AvgIpc) is 3.52. The first-order valence-electron chi connectivity index (χ1n) is 10.3. The Hall–Kier alpha value is -3.75. The van der Waals surface area contributed by atoms with Crippen LogP contribution in [0.3, 0.4) is 0 Å². The highest BCUT2D eigenvalue weighted by Gasteiger charge is 2.16. The molecular formula is C22H26N6O3. The molecule has 0 bridgehead atoms. The zero-order valence-corrected chi connectivity index (χ0v) is 17.8. The van der Waals surface area contributed by atoms with Gasteiger partial charge in [-0.05, 0) is 45.0 Å². The number of rotatable bonds is 8. The fraction of sp³-hybridized carbons (Fsp3) is 0.318.